The van der Waals surface area contributed by atoms with Gasteiger partial charge in [0.05, 0.1) is 0 Å². The smallest absolute Gasteiger partial charge is 0.0436 e. The maximum absolute atomic E-state index is 4.36. The van der Waals surface area contributed by atoms with Crippen molar-refractivity contribution >= 4 is 0 Å². The molecular formula is C11H17N. The SMILES string of the molecule is Cc1ccnc([C@H](C)C(C)C)c1. The van der Waals surface area contributed by atoms with Crippen molar-refractivity contribution in [3.63, 3.8) is 0 Å². The average Bonchev–Trinajstić information content (AvgIpc) is 2.03. The van der Waals surface area contributed by atoms with Gasteiger partial charge in [0.15, 0.2) is 0 Å². The van der Waals surface area contributed by atoms with Crippen molar-refractivity contribution in [3.05, 3.63) is 29.6 Å². The van der Waals surface area contributed by atoms with Gasteiger partial charge in [-0.25, -0.2) is 0 Å². The first-order valence-corrected chi connectivity index (χ1v) is 4.54. The van der Waals surface area contributed by atoms with E-state index in [-0.39, 0.29) is 0 Å². The second kappa shape index (κ2) is 3.70. The van der Waals surface area contributed by atoms with E-state index in [9.17, 15) is 0 Å². The second-order valence-corrected chi connectivity index (χ2v) is 3.79. The summed E-state index contributed by atoms with van der Waals surface area (Å²) in [5.41, 5.74) is 2.51. The predicted molar refractivity (Wildman–Crippen MR) is 52.2 cm³/mol. The molecule has 1 heteroatoms. The number of rotatable bonds is 2. The van der Waals surface area contributed by atoms with Crippen molar-refractivity contribution < 1.29 is 0 Å². The van der Waals surface area contributed by atoms with Gasteiger partial charge < -0.3 is 0 Å². The number of aromatic nitrogens is 1. The van der Waals surface area contributed by atoms with Crippen LogP contribution < -0.4 is 0 Å². The van der Waals surface area contributed by atoms with Gasteiger partial charge in [-0.1, -0.05) is 20.8 Å². The normalized spacial score (nSPS) is 13.4. The summed E-state index contributed by atoms with van der Waals surface area (Å²) in [6.07, 6.45) is 1.89. The first kappa shape index (κ1) is 9.24. The lowest BCUT2D eigenvalue weighted by Gasteiger charge is -2.14. The summed E-state index contributed by atoms with van der Waals surface area (Å²) in [6.45, 7) is 8.80. The zero-order valence-electron chi connectivity index (χ0n) is 8.33. The minimum atomic E-state index is 0.560. The van der Waals surface area contributed by atoms with Crippen molar-refractivity contribution in [2.75, 3.05) is 0 Å². The van der Waals surface area contributed by atoms with Crippen LogP contribution >= 0.6 is 0 Å². The monoisotopic (exact) mass is 163 g/mol. The Kier molecular flexibility index (Phi) is 2.85. The predicted octanol–water partition coefficient (Wildman–Crippen LogP) is 3.15. The summed E-state index contributed by atoms with van der Waals surface area (Å²) >= 11 is 0. The van der Waals surface area contributed by atoms with Gasteiger partial charge in [0.2, 0.25) is 0 Å². The summed E-state index contributed by atoms with van der Waals surface area (Å²) in [5, 5.41) is 0. The first-order chi connectivity index (χ1) is 5.61. The molecule has 1 rings (SSSR count). The van der Waals surface area contributed by atoms with Crippen LogP contribution in [-0.4, -0.2) is 4.98 Å². The summed E-state index contributed by atoms with van der Waals surface area (Å²) < 4.78 is 0. The van der Waals surface area contributed by atoms with E-state index in [0.29, 0.717) is 11.8 Å². The number of nitrogens with zero attached hydrogens (tertiary/aromatic N) is 1. The van der Waals surface area contributed by atoms with Gasteiger partial charge in [-0.2, -0.15) is 0 Å². The first-order valence-electron chi connectivity index (χ1n) is 4.54. The highest BCUT2D eigenvalue weighted by Crippen LogP contribution is 2.21. The highest BCUT2D eigenvalue weighted by Gasteiger charge is 2.10. The van der Waals surface area contributed by atoms with Gasteiger partial charge >= 0.3 is 0 Å². The average molecular weight is 163 g/mol. The molecule has 0 fully saturated rings. The molecule has 0 aliphatic heterocycles. The summed E-state index contributed by atoms with van der Waals surface area (Å²) in [7, 11) is 0. The highest BCUT2D eigenvalue weighted by atomic mass is 14.7. The molecule has 0 aliphatic carbocycles. The highest BCUT2D eigenvalue weighted by molar-refractivity contribution is 5.17. The van der Waals surface area contributed by atoms with Gasteiger partial charge in [0.1, 0.15) is 0 Å². The fourth-order valence-electron chi connectivity index (χ4n) is 1.15. The third-order valence-electron chi connectivity index (χ3n) is 2.40. The molecule has 1 nitrogen and oxygen atoms in total. The third kappa shape index (κ3) is 2.07. The molecule has 0 aliphatic rings. The van der Waals surface area contributed by atoms with E-state index < -0.39 is 0 Å². The number of aryl methyl sites for hydroxylation is 1. The minimum Gasteiger partial charge on any atom is -0.261 e. The zero-order chi connectivity index (χ0) is 9.14. The molecule has 0 radical (unpaired) electrons. The molecule has 0 spiro atoms. The van der Waals surface area contributed by atoms with E-state index in [0.717, 1.165) is 0 Å². The van der Waals surface area contributed by atoms with Gasteiger partial charge in [0.25, 0.3) is 0 Å². The molecule has 0 aromatic carbocycles. The van der Waals surface area contributed by atoms with Crippen molar-refractivity contribution in [2.45, 2.75) is 33.6 Å². The van der Waals surface area contributed by atoms with Gasteiger partial charge in [-0.05, 0) is 30.5 Å². The van der Waals surface area contributed by atoms with E-state index >= 15 is 0 Å². The minimum absolute atomic E-state index is 0.560. The van der Waals surface area contributed by atoms with Crippen molar-refractivity contribution in [3.8, 4) is 0 Å². The Bertz CT molecular complexity index is 253. The Morgan fingerprint density at radius 3 is 2.42 bits per heavy atom. The molecule has 1 aromatic heterocycles. The van der Waals surface area contributed by atoms with E-state index in [2.05, 4.69) is 38.7 Å². The van der Waals surface area contributed by atoms with Crippen LogP contribution in [0.5, 0.6) is 0 Å². The Morgan fingerprint density at radius 1 is 1.25 bits per heavy atom. The molecule has 0 amide bonds. The fourth-order valence-corrected chi connectivity index (χ4v) is 1.15. The van der Waals surface area contributed by atoms with E-state index in [4.69, 9.17) is 0 Å². The summed E-state index contributed by atoms with van der Waals surface area (Å²) in [6, 6.07) is 4.21. The second-order valence-electron chi connectivity index (χ2n) is 3.79. The molecule has 0 unspecified atom stereocenters. The Morgan fingerprint density at radius 2 is 1.92 bits per heavy atom. The molecular weight excluding hydrogens is 146 g/mol. The van der Waals surface area contributed by atoms with E-state index in [1.54, 1.807) is 0 Å². The standard InChI is InChI=1S/C11H17N/c1-8(2)10(4)11-7-9(3)5-6-12-11/h5-8,10H,1-4H3/t10-/m1/s1. The van der Waals surface area contributed by atoms with Crippen LogP contribution in [0.4, 0.5) is 0 Å². The maximum atomic E-state index is 4.36. The van der Waals surface area contributed by atoms with Gasteiger partial charge in [-0.15, -0.1) is 0 Å². The fraction of sp³-hybridized carbons (Fsp3) is 0.545. The van der Waals surface area contributed by atoms with Gasteiger partial charge in [0, 0.05) is 17.8 Å². The van der Waals surface area contributed by atoms with Crippen LogP contribution in [0.15, 0.2) is 18.3 Å². The largest absolute Gasteiger partial charge is 0.261 e. The lowest BCUT2D eigenvalue weighted by molar-refractivity contribution is 0.523. The Labute approximate surface area is 74.8 Å². The van der Waals surface area contributed by atoms with Crippen LogP contribution in [0.3, 0.4) is 0 Å². The summed E-state index contributed by atoms with van der Waals surface area (Å²) in [5.74, 6) is 1.23. The van der Waals surface area contributed by atoms with Gasteiger partial charge in [-0.3, -0.25) is 4.98 Å². The molecule has 0 N–H and O–H groups in total. The third-order valence-corrected chi connectivity index (χ3v) is 2.40. The lowest BCUT2D eigenvalue weighted by atomic mass is 9.94. The molecule has 1 heterocycles. The van der Waals surface area contributed by atoms with Crippen LogP contribution in [0.2, 0.25) is 0 Å². The number of hydrogen-bond donors (Lipinski definition) is 0. The molecule has 0 saturated heterocycles. The van der Waals surface area contributed by atoms with Crippen molar-refractivity contribution in [1.82, 2.24) is 4.98 Å². The molecule has 1 atom stereocenters. The molecule has 0 bridgehead atoms. The number of hydrogen-bond acceptors (Lipinski definition) is 1. The Balaban J connectivity index is 2.88. The molecule has 1 aromatic rings. The van der Waals surface area contributed by atoms with Crippen LogP contribution in [0.1, 0.15) is 37.9 Å². The topological polar surface area (TPSA) is 12.9 Å². The molecule has 66 valence electrons. The summed E-state index contributed by atoms with van der Waals surface area (Å²) in [4.78, 5) is 4.36. The molecule has 0 saturated carbocycles. The lowest BCUT2D eigenvalue weighted by Crippen LogP contribution is -2.04. The maximum Gasteiger partial charge on any atom is 0.0436 e. The zero-order valence-corrected chi connectivity index (χ0v) is 8.33. The number of pyridine rings is 1. The van der Waals surface area contributed by atoms with Crippen LogP contribution in [-0.2, 0) is 0 Å². The molecule has 12 heavy (non-hydrogen) atoms. The quantitative estimate of drug-likeness (QED) is 0.652. The van der Waals surface area contributed by atoms with Crippen LogP contribution in [0.25, 0.3) is 0 Å². The van der Waals surface area contributed by atoms with E-state index in [1.807, 2.05) is 12.3 Å². The van der Waals surface area contributed by atoms with E-state index in [1.165, 1.54) is 11.3 Å². The van der Waals surface area contributed by atoms with Crippen molar-refractivity contribution in [2.24, 2.45) is 5.92 Å². The van der Waals surface area contributed by atoms with Crippen molar-refractivity contribution in [1.29, 1.82) is 0 Å². The van der Waals surface area contributed by atoms with Crippen LogP contribution in [0, 0.1) is 12.8 Å². The Hall–Kier alpha value is -0.850.